The lowest BCUT2D eigenvalue weighted by molar-refractivity contribution is 0.280. The van der Waals surface area contributed by atoms with E-state index in [4.69, 9.17) is 9.72 Å². The molecule has 0 aliphatic heterocycles. The van der Waals surface area contributed by atoms with E-state index in [1.165, 1.54) is 0 Å². The van der Waals surface area contributed by atoms with Crippen LogP contribution in [0.15, 0.2) is 30.3 Å². The molecule has 0 amide bonds. The van der Waals surface area contributed by atoms with Crippen LogP contribution < -0.4 is 4.74 Å². The fraction of sp³-hybridized carbons (Fsp3) is 0.458. The number of rotatable bonds is 8. The Morgan fingerprint density at radius 2 is 1.67 bits per heavy atom. The average Bonchev–Trinajstić information content (AvgIpc) is 2.67. The molecule has 1 heterocycles. The van der Waals surface area contributed by atoms with E-state index in [1.54, 1.807) is 7.11 Å². The summed E-state index contributed by atoms with van der Waals surface area (Å²) in [5.41, 5.74) is 6.30. The van der Waals surface area contributed by atoms with Crippen molar-refractivity contribution in [3.8, 4) is 16.9 Å². The lowest BCUT2D eigenvalue weighted by Crippen LogP contribution is -2.10. The molecule has 0 saturated carbocycles. The van der Waals surface area contributed by atoms with Gasteiger partial charge in [0.1, 0.15) is 5.75 Å². The number of ether oxygens (including phenoxy) is 1. The number of nitrogens with zero attached hydrogens (tertiary/aromatic N) is 1. The summed E-state index contributed by atoms with van der Waals surface area (Å²) in [5.74, 6) is 1.37. The van der Waals surface area contributed by atoms with Gasteiger partial charge in [-0.2, -0.15) is 0 Å². The molecule has 3 nitrogen and oxygen atoms in total. The molecule has 2 aromatic rings. The monoisotopic (exact) mass is 367 g/mol. The van der Waals surface area contributed by atoms with Crippen LogP contribution in [0, 0.1) is 0 Å². The summed E-state index contributed by atoms with van der Waals surface area (Å²) in [6.45, 7) is 10.8. The molecule has 2 rings (SSSR count). The summed E-state index contributed by atoms with van der Waals surface area (Å²) >= 11 is 0. The van der Waals surface area contributed by atoms with Crippen LogP contribution in [0.4, 0.5) is 0 Å². The van der Waals surface area contributed by atoms with E-state index in [0.29, 0.717) is 5.92 Å². The number of hydrogen-bond donors (Lipinski definition) is 1. The quantitative estimate of drug-likeness (QED) is 0.594. The summed E-state index contributed by atoms with van der Waals surface area (Å²) < 4.78 is 5.32. The van der Waals surface area contributed by atoms with E-state index in [2.05, 4.69) is 58.9 Å². The second kappa shape index (κ2) is 9.70. The zero-order valence-corrected chi connectivity index (χ0v) is 17.5. The van der Waals surface area contributed by atoms with Crippen LogP contribution in [0.25, 0.3) is 17.2 Å². The minimum Gasteiger partial charge on any atom is -0.497 e. The van der Waals surface area contributed by atoms with Gasteiger partial charge in [0.15, 0.2) is 0 Å². The second-order valence-corrected chi connectivity index (χ2v) is 7.54. The van der Waals surface area contributed by atoms with Gasteiger partial charge >= 0.3 is 0 Å². The third kappa shape index (κ3) is 4.78. The van der Waals surface area contributed by atoms with Gasteiger partial charge in [-0.3, -0.25) is 4.98 Å². The summed E-state index contributed by atoms with van der Waals surface area (Å²) in [4.78, 5) is 5.01. The number of aromatic nitrogens is 1. The first-order valence-electron chi connectivity index (χ1n) is 9.92. The molecular formula is C24H33NO2. The highest BCUT2D eigenvalue weighted by Crippen LogP contribution is 2.37. The maximum Gasteiger partial charge on any atom is 0.118 e. The number of aliphatic hydroxyl groups excluding tert-OH is 1. The SMILES string of the molecule is CCCC=Cc1c(C(C)C)nc(C(C)C)c(CO)c1-c1ccc(OC)cc1. The molecule has 146 valence electrons. The summed E-state index contributed by atoms with van der Waals surface area (Å²) in [7, 11) is 1.67. The van der Waals surface area contributed by atoms with E-state index < -0.39 is 0 Å². The van der Waals surface area contributed by atoms with Crippen molar-refractivity contribution < 1.29 is 9.84 Å². The number of pyridine rings is 1. The van der Waals surface area contributed by atoms with Crippen molar-refractivity contribution in [1.29, 1.82) is 0 Å². The molecule has 1 N–H and O–H groups in total. The van der Waals surface area contributed by atoms with Crippen molar-refractivity contribution >= 4 is 6.08 Å². The predicted molar refractivity (Wildman–Crippen MR) is 114 cm³/mol. The maximum atomic E-state index is 10.2. The van der Waals surface area contributed by atoms with Gasteiger partial charge in [0.05, 0.1) is 19.4 Å². The van der Waals surface area contributed by atoms with Crippen LogP contribution in [0.3, 0.4) is 0 Å². The minimum absolute atomic E-state index is 0.0190. The Hall–Kier alpha value is -2.13. The lowest BCUT2D eigenvalue weighted by atomic mass is 9.87. The zero-order chi connectivity index (χ0) is 20.0. The van der Waals surface area contributed by atoms with Crippen molar-refractivity contribution in [3.05, 3.63) is 52.9 Å². The van der Waals surface area contributed by atoms with E-state index in [-0.39, 0.29) is 12.5 Å². The Morgan fingerprint density at radius 1 is 1.04 bits per heavy atom. The number of benzene rings is 1. The third-order valence-corrected chi connectivity index (χ3v) is 4.77. The molecule has 27 heavy (non-hydrogen) atoms. The second-order valence-electron chi connectivity index (χ2n) is 7.54. The van der Waals surface area contributed by atoms with E-state index in [0.717, 1.165) is 52.2 Å². The highest BCUT2D eigenvalue weighted by atomic mass is 16.5. The molecule has 3 heteroatoms. The van der Waals surface area contributed by atoms with Crippen molar-refractivity contribution in [1.82, 2.24) is 4.98 Å². The standard InChI is InChI=1S/C24H33NO2/c1-7-8-9-10-20-22(18-11-13-19(27-6)14-12-18)21(15-26)24(17(4)5)25-23(20)16(2)3/h9-14,16-17,26H,7-8,15H2,1-6H3. The molecule has 0 aliphatic carbocycles. The molecule has 0 spiro atoms. The smallest absolute Gasteiger partial charge is 0.118 e. The molecule has 0 radical (unpaired) electrons. The maximum absolute atomic E-state index is 10.2. The van der Waals surface area contributed by atoms with Crippen molar-refractivity contribution in [2.45, 2.75) is 65.9 Å². The summed E-state index contributed by atoms with van der Waals surface area (Å²) in [6, 6.07) is 8.08. The van der Waals surface area contributed by atoms with Crippen LogP contribution in [0.5, 0.6) is 5.75 Å². The van der Waals surface area contributed by atoms with Crippen molar-refractivity contribution in [2.24, 2.45) is 0 Å². The Morgan fingerprint density at radius 3 is 2.15 bits per heavy atom. The fourth-order valence-corrected chi connectivity index (χ4v) is 3.38. The Labute approximate surface area is 164 Å². The molecule has 0 aliphatic rings. The van der Waals surface area contributed by atoms with Gasteiger partial charge in [-0.15, -0.1) is 0 Å². The van der Waals surface area contributed by atoms with Crippen molar-refractivity contribution in [2.75, 3.05) is 7.11 Å². The summed E-state index contributed by atoms with van der Waals surface area (Å²) in [5, 5.41) is 10.2. The number of hydrogen-bond acceptors (Lipinski definition) is 3. The number of allylic oxidation sites excluding steroid dienone is 1. The molecule has 0 bridgehead atoms. The van der Waals surface area contributed by atoms with Gasteiger partial charge in [0, 0.05) is 16.8 Å². The molecule has 0 fully saturated rings. The number of methoxy groups -OCH3 is 1. The summed E-state index contributed by atoms with van der Waals surface area (Å²) in [6.07, 6.45) is 6.54. The first kappa shape index (κ1) is 21.2. The molecular weight excluding hydrogens is 334 g/mol. The third-order valence-electron chi connectivity index (χ3n) is 4.77. The lowest BCUT2D eigenvalue weighted by Gasteiger charge is -2.23. The van der Waals surface area contributed by atoms with Gasteiger partial charge in [0.2, 0.25) is 0 Å². The first-order valence-corrected chi connectivity index (χ1v) is 9.92. The Bertz CT molecular complexity index is 774. The van der Waals surface area contributed by atoms with Gasteiger partial charge in [-0.25, -0.2) is 0 Å². The fourth-order valence-electron chi connectivity index (χ4n) is 3.38. The average molecular weight is 368 g/mol. The minimum atomic E-state index is -0.0190. The van der Waals surface area contributed by atoms with Crippen LogP contribution >= 0.6 is 0 Å². The van der Waals surface area contributed by atoms with Gasteiger partial charge in [-0.05, 0) is 41.5 Å². The molecule has 1 aromatic carbocycles. The topological polar surface area (TPSA) is 42.4 Å². The van der Waals surface area contributed by atoms with Gasteiger partial charge in [0.25, 0.3) is 0 Å². The normalized spacial score (nSPS) is 11.7. The van der Waals surface area contributed by atoms with E-state index >= 15 is 0 Å². The van der Waals surface area contributed by atoms with Crippen LogP contribution in [0.1, 0.15) is 81.8 Å². The zero-order valence-electron chi connectivity index (χ0n) is 17.5. The van der Waals surface area contributed by atoms with Crippen LogP contribution in [-0.2, 0) is 6.61 Å². The highest BCUT2D eigenvalue weighted by Gasteiger charge is 2.22. The van der Waals surface area contributed by atoms with Gasteiger partial charge in [-0.1, -0.05) is 65.3 Å². The van der Waals surface area contributed by atoms with Gasteiger partial charge < -0.3 is 9.84 Å². The largest absolute Gasteiger partial charge is 0.497 e. The van der Waals surface area contributed by atoms with Crippen molar-refractivity contribution in [3.63, 3.8) is 0 Å². The first-order chi connectivity index (χ1) is 12.9. The van der Waals surface area contributed by atoms with Crippen LogP contribution in [0.2, 0.25) is 0 Å². The predicted octanol–water partition coefficient (Wildman–Crippen LogP) is 6.31. The number of unbranched alkanes of at least 4 members (excludes halogenated alkanes) is 1. The molecule has 0 saturated heterocycles. The van der Waals surface area contributed by atoms with E-state index in [1.807, 2.05) is 12.1 Å². The molecule has 1 aromatic heterocycles. The number of aliphatic hydroxyl groups is 1. The Balaban J connectivity index is 2.84. The Kier molecular flexibility index (Phi) is 7.61. The molecule has 0 atom stereocenters. The highest BCUT2D eigenvalue weighted by molar-refractivity contribution is 5.80. The van der Waals surface area contributed by atoms with E-state index in [9.17, 15) is 5.11 Å². The van der Waals surface area contributed by atoms with Crippen LogP contribution in [-0.4, -0.2) is 17.2 Å². The molecule has 0 unspecified atom stereocenters.